The van der Waals surface area contributed by atoms with E-state index in [-0.39, 0.29) is 19.0 Å². The van der Waals surface area contributed by atoms with Crippen LogP contribution in [0.4, 0.5) is 14.6 Å². The second kappa shape index (κ2) is 9.72. The van der Waals surface area contributed by atoms with Crippen LogP contribution >= 0.6 is 0 Å². The first-order valence-electron chi connectivity index (χ1n) is 12.3. The fourth-order valence-corrected chi connectivity index (χ4v) is 4.99. The summed E-state index contributed by atoms with van der Waals surface area (Å²) in [6.07, 6.45) is 1.57. The van der Waals surface area contributed by atoms with Crippen LogP contribution in [0, 0.1) is 11.8 Å². The molecule has 190 valence electrons. The lowest BCUT2D eigenvalue weighted by Gasteiger charge is -2.12. The van der Waals surface area contributed by atoms with Crippen molar-refractivity contribution in [3.05, 3.63) is 65.0 Å². The molecule has 2 aromatic heterocycles. The molecule has 0 aliphatic heterocycles. The molecule has 0 spiro atoms. The smallest absolute Gasteiger partial charge is 0.258 e. The highest BCUT2D eigenvalue weighted by molar-refractivity contribution is 6.06. The fourth-order valence-electron chi connectivity index (χ4n) is 4.99. The van der Waals surface area contributed by atoms with Crippen LogP contribution in [0.2, 0.25) is 0 Å². The van der Waals surface area contributed by atoms with E-state index >= 15 is 0 Å². The predicted octanol–water partition coefficient (Wildman–Crippen LogP) is 3.67. The summed E-state index contributed by atoms with van der Waals surface area (Å²) < 4.78 is 35.9. The minimum absolute atomic E-state index is 0.0204. The number of hydrogen-bond donors (Lipinski definition) is 3. The fraction of sp³-hybridized carbons (Fsp3) is 0.407. The number of anilines is 1. The van der Waals surface area contributed by atoms with E-state index in [0.717, 1.165) is 23.8 Å². The van der Waals surface area contributed by atoms with Crippen LogP contribution in [0.25, 0.3) is 21.9 Å². The van der Waals surface area contributed by atoms with Crippen molar-refractivity contribution >= 4 is 27.8 Å². The van der Waals surface area contributed by atoms with Crippen LogP contribution in [0.15, 0.2) is 42.5 Å². The summed E-state index contributed by atoms with van der Waals surface area (Å²) >= 11 is 0. The van der Waals surface area contributed by atoms with Crippen molar-refractivity contribution in [1.29, 1.82) is 0 Å². The average molecular weight is 496 g/mol. The molecule has 36 heavy (non-hydrogen) atoms. The van der Waals surface area contributed by atoms with Crippen molar-refractivity contribution in [3.8, 4) is 0 Å². The summed E-state index contributed by atoms with van der Waals surface area (Å²) in [5.41, 5.74) is 17.2. The molecule has 0 unspecified atom stereocenters. The lowest BCUT2D eigenvalue weighted by molar-refractivity contribution is 0.0697. The van der Waals surface area contributed by atoms with Crippen molar-refractivity contribution < 1.29 is 18.6 Å². The van der Waals surface area contributed by atoms with Gasteiger partial charge in [-0.15, -0.1) is 0 Å². The summed E-state index contributed by atoms with van der Waals surface area (Å²) in [4.78, 5) is 9.22. The molecule has 2 aromatic carbocycles. The average Bonchev–Trinajstić information content (AvgIpc) is 3.19. The van der Waals surface area contributed by atoms with Gasteiger partial charge in [0.1, 0.15) is 17.9 Å². The van der Waals surface area contributed by atoms with Crippen molar-refractivity contribution in [2.75, 3.05) is 25.5 Å². The van der Waals surface area contributed by atoms with Gasteiger partial charge in [0, 0.05) is 18.5 Å². The van der Waals surface area contributed by atoms with E-state index in [1.165, 1.54) is 11.1 Å². The molecule has 0 bridgehead atoms. The van der Waals surface area contributed by atoms with Gasteiger partial charge in [-0.3, -0.25) is 0 Å². The number of fused-ring (bicyclic) bond motifs is 3. The Bertz CT molecular complexity index is 1390. The number of rotatable bonds is 10. The first kappa shape index (κ1) is 24.5. The quantitative estimate of drug-likeness (QED) is 0.310. The number of aliphatic hydroxyl groups is 1. The number of nitrogens with two attached hydrogens (primary N) is 2. The Labute approximate surface area is 208 Å². The van der Waals surface area contributed by atoms with Gasteiger partial charge in [0.2, 0.25) is 0 Å². The van der Waals surface area contributed by atoms with Crippen LogP contribution in [0.1, 0.15) is 29.4 Å². The Morgan fingerprint density at radius 3 is 2.44 bits per heavy atom. The van der Waals surface area contributed by atoms with Crippen LogP contribution < -0.4 is 11.5 Å². The molecule has 2 atom stereocenters. The molecule has 1 aliphatic rings. The van der Waals surface area contributed by atoms with E-state index in [1.54, 1.807) is 4.57 Å². The maximum absolute atomic E-state index is 14.3. The number of alkyl halides is 2. The largest absolute Gasteiger partial charge is 0.396 e. The summed E-state index contributed by atoms with van der Waals surface area (Å²) in [7, 11) is 0. The predicted molar refractivity (Wildman–Crippen MR) is 136 cm³/mol. The van der Waals surface area contributed by atoms with E-state index in [4.69, 9.17) is 16.2 Å². The number of aliphatic hydroxyl groups excluding tert-OH is 1. The zero-order valence-electron chi connectivity index (χ0n) is 20.3. The second-order valence-corrected chi connectivity index (χ2v) is 9.42. The van der Waals surface area contributed by atoms with Crippen molar-refractivity contribution in [2.24, 2.45) is 17.6 Å². The first-order chi connectivity index (χ1) is 17.4. The Morgan fingerprint density at radius 1 is 1.06 bits per heavy atom. The Morgan fingerprint density at radius 2 is 1.78 bits per heavy atom. The number of hydrogen-bond acceptors (Lipinski definition) is 6. The van der Waals surface area contributed by atoms with Crippen molar-refractivity contribution in [2.45, 2.75) is 38.8 Å². The Hall–Kier alpha value is -3.14. The highest BCUT2D eigenvalue weighted by Crippen LogP contribution is 2.56. The molecule has 7 nitrogen and oxygen atoms in total. The van der Waals surface area contributed by atoms with E-state index in [2.05, 4.69) is 34.2 Å². The van der Waals surface area contributed by atoms with Gasteiger partial charge >= 0.3 is 0 Å². The molecule has 1 aliphatic carbocycles. The number of benzene rings is 2. The molecule has 2 heterocycles. The summed E-state index contributed by atoms with van der Waals surface area (Å²) in [6.45, 7) is 2.59. The third-order valence-electron chi connectivity index (χ3n) is 7.09. The van der Waals surface area contributed by atoms with E-state index < -0.39 is 24.4 Å². The Balaban J connectivity index is 1.54. The van der Waals surface area contributed by atoms with Gasteiger partial charge < -0.3 is 25.9 Å². The van der Waals surface area contributed by atoms with Gasteiger partial charge in [-0.1, -0.05) is 36.4 Å². The molecule has 9 heteroatoms. The summed E-state index contributed by atoms with van der Waals surface area (Å²) in [6, 6.07) is 14.4. The number of imidazole rings is 1. The van der Waals surface area contributed by atoms with Crippen molar-refractivity contribution in [3.63, 3.8) is 0 Å². The van der Waals surface area contributed by atoms with Gasteiger partial charge in [0.25, 0.3) is 5.92 Å². The molecule has 4 aromatic rings. The molecular weight excluding hydrogens is 464 g/mol. The first-order valence-corrected chi connectivity index (χ1v) is 12.3. The topological polar surface area (TPSA) is 112 Å². The lowest BCUT2D eigenvalue weighted by atomic mass is 10.0. The number of nitrogens with zero attached hydrogens (tertiary/aromatic N) is 3. The maximum atomic E-state index is 14.3. The van der Waals surface area contributed by atoms with Gasteiger partial charge in [-0.2, -0.15) is 0 Å². The molecule has 1 saturated carbocycles. The minimum Gasteiger partial charge on any atom is -0.396 e. The van der Waals surface area contributed by atoms with E-state index in [1.807, 2.05) is 25.1 Å². The SMILES string of the molecule is CCOCc1nc2c(N)nc3cc(Cc4ccc(CCN)cc4)ccc3c2n1C[C@@H]1[C@@H](CO)C1(F)F. The standard InChI is InChI=1S/C27H31F2N5O2/c1-2-36-15-23-33-24-25(34(23)13-20-21(14-35)27(20,28)29)19-8-7-18(12-22(19)32-26(24)31)11-17-5-3-16(4-6-17)9-10-30/h3-8,12,20-21,35H,2,9-11,13-15,30H2,1H3,(H2,31,32)/t20-,21-/m1/s1. The normalized spacial score (nSPS) is 18.8. The van der Waals surface area contributed by atoms with Crippen LogP contribution in [-0.2, 0) is 30.7 Å². The maximum Gasteiger partial charge on any atom is 0.258 e. The van der Waals surface area contributed by atoms with Crippen LogP contribution in [0.3, 0.4) is 0 Å². The molecule has 5 N–H and O–H groups in total. The minimum atomic E-state index is -2.91. The molecule has 0 radical (unpaired) electrons. The second-order valence-electron chi connectivity index (χ2n) is 9.42. The van der Waals surface area contributed by atoms with Gasteiger partial charge in [0.05, 0.1) is 29.5 Å². The highest BCUT2D eigenvalue weighted by atomic mass is 19.3. The summed E-state index contributed by atoms with van der Waals surface area (Å²) in [5, 5.41) is 10.2. The van der Waals surface area contributed by atoms with E-state index in [0.29, 0.717) is 35.5 Å². The number of halogens is 2. The van der Waals surface area contributed by atoms with Gasteiger partial charge in [-0.25, -0.2) is 18.7 Å². The number of pyridine rings is 1. The number of ether oxygens (including phenoxy) is 1. The molecule has 5 rings (SSSR count). The zero-order valence-corrected chi connectivity index (χ0v) is 20.3. The van der Waals surface area contributed by atoms with E-state index in [9.17, 15) is 13.9 Å². The van der Waals surface area contributed by atoms with Crippen LogP contribution in [-0.4, -0.2) is 45.3 Å². The van der Waals surface area contributed by atoms with Crippen LogP contribution in [0.5, 0.6) is 0 Å². The highest BCUT2D eigenvalue weighted by Gasteiger charge is 2.67. The number of nitrogen functional groups attached to an aromatic ring is 1. The monoisotopic (exact) mass is 495 g/mol. The number of aromatic nitrogens is 3. The molecule has 0 amide bonds. The third kappa shape index (κ3) is 4.42. The summed E-state index contributed by atoms with van der Waals surface area (Å²) in [5.74, 6) is -4.16. The van der Waals surface area contributed by atoms with Gasteiger partial charge in [-0.05, 0) is 49.1 Å². The Kier molecular flexibility index (Phi) is 6.63. The molecule has 0 saturated heterocycles. The zero-order chi connectivity index (χ0) is 25.4. The van der Waals surface area contributed by atoms with Gasteiger partial charge in [0.15, 0.2) is 5.82 Å². The molecule has 1 fully saturated rings. The molecular formula is C27H31F2N5O2. The third-order valence-corrected chi connectivity index (χ3v) is 7.09. The lowest BCUT2D eigenvalue weighted by Crippen LogP contribution is -2.10. The van der Waals surface area contributed by atoms with Crippen molar-refractivity contribution in [1.82, 2.24) is 14.5 Å².